The monoisotopic (exact) mass is 434 g/mol. The molecule has 0 saturated heterocycles. The van der Waals surface area contributed by atoms with E-state index in [1.807, 2.05) is 0 Å². The number of rotatable bonds is 8. The molecule has 3 aromatic rings. The number of anilines is 1. The van der Waals surface area contributed by atoms with E-state index in [4.69, 9.17) is 10.5 Å². The number of nitrogens with two attached hydrogens (primary N) is 1. The zero-order valence-corrected chi connectivity index (χ0v) is 16.1. The lowest BCUT2D eigenvalue weighted by molar-refractivity contribution is -0.763. The molecule has 2 heterocycles. The Morgan fingerprint density at radius 2 is 2.03 bits per heavy atom. The number of hydrogen-bond donors (Lipinski definition) is 2. The van der Waals surface area contributed by atoms with Crippen molar-refractivity contribution in [1.29, 1.82) is 0 Å². The van der Waals surface area contributed by atoms with Crippen molar-refractivity contribution < 1.29 is 28.6 Å². The van der Waals surface area contributed by atoms with Crippen LogP contribution in [0.2, 0.25) is 0 Å². The average Bonchev–Trinajstić information content (AvgIpc) is 3.11. The number of halogens is 1. The van der Waals surface area contributed by atoms with Crippen molar-refractivity contribution in [2.45, 2.75) is 12.5 Å². The summed E-state index contributed by atoms with van der Waals surface area (Å²) in [5, 5.41) is 12.8. The Hall–Kier alpha value is -3.80. The Bertz CT molecular complexity index is 1090. The number of thiophene rings is 1. The van der Waals surface area contributed by atoms with E-state index < -0.39 is 28.8 Å². The summed E-state index contributed by atoms with van der Waals surface area (Å²) < 4.78 is 19.2. The number of hydrogen-bond acceptors (Lipinski definition) is 8. The van der Waals surface area contributed by atoms with Gasteiger partial charge in [-0.15, -0.1) is 21.5 Å². The van der Waals surface area contributed by atoms with E-state index in [0.717, 1.165) is 17.5 Å². The molecule has 0 fully saturated rings. The summed E-state index contributed by atoms with van der Waals surface area (Å²) in [6, 6.07) is 7.69. The maximum Gasteiger partial charge on any atom is 0.404 e. The first-order chi connectivity index (χ1) is 14.3. The number of carbonyl (C=O) groups excluding carboxylic acids is 2. The summed E-state index contributed by atoms with van der Waals surface area (Å²) in [5.41, 5.74) is 6.00. The van der Waals surface area contributed by atoms with E-state index in [1.165, 1.54) is 12.3 Å². The van der Waals surface area contributed by atoms with Crippen LogP contribution in [0, 0.1) is 15.9 Å². The van der Waals surface area contributed by atoms with Gasteiger partial charge in [-0.1, -0.05) is 24.3 Å². The van der Waals surface area contributed by atoms with Crippen LogP contribution in [-0.2, 0) is 21.0 Å². The van der Waals surface area contributed by atoms with E-state index >= 15 is 0 Å². The zero-order valence-electron chi connectivity index (χ0n) is 15.2. The lowest BCUT2D eigenvalue weighted by atomic mass is 9.98. The number of ether oxygens (including phenoxy) is 1. The van der Waals surface area contributed by atoms with Crippen LogP contribution in [0.3, 0.4) is 0 Å². The van der Waals surface area contributed by atoms with Gasteiger partial charge in [0.2, 0.25) is 5.91 Å². The Labute approximate surface area is 172 Å². The van der Waals surface area contributed by atoms with Crippen molar-refractivity contribution in [2.24, 2.45) is 5.73 Å². The van der Waals surface area contributed by atoms with Crippen LogP contribution < -0.4 is 11.1 Å². The highest BCUT2D eigenvalue weighted by molar-refractivity contribution is 7.22. The molecule has 12 heteroatoms. The molecule has 0 aliphatic carbocycles. The lowest BCUT2D eigenvalue weighted by Gasteiger charge is -2.16. The van der Waals surface area contributed by atoms with Gasteiger partial charge in [-0.25, -0.2) is 9.18 Å². The summed E-state index contributed by atoms with van der Waals surface area (Å²) in [7, 11) is 0. The molecule has 2 amide bonds. The first kappa shape index (κ1) is 20.9. The second kappa shape index (κ2) is 9.13. The molecule has 3 N–H and O–H groups in total. The Kier molecular flexibility index (Phi) is 6.37. The van der Waals surface area contributed by atoms with Gasteiger partial charge in [0.25, 0.3) is 5.09 Å². The molecular weight excluding hydrogens is 419 g/mol. The summed E-state index contributed by atoms with van der Waals surface area (Å²) in [5.74, 6) is -1.94. The highest BCUT2D eigenvalue weighted by Gasteiger charge is 2.23. The van der Waals surface area contributed by atoms with Gasteiger partial charge in [0, 0.05) is 11.6 Å². The summed E-state index contributed by atoms with van der Waals surface area (Å²) >= 11 is 1.14. The van der Waals surface area contributed by atoms with Gasteiger partial charge in [0.15, 0.2) is 0 Å². The van der Waals surface area contributed by atoms with E-state index in [0.29, 0.717) is 26.2 Å². The largest absolute Gasteiger partial charge is 0.449 e. The number of benzene rings is 1. The molecule has 0 bridgehead atoms. The third kappa shape index (κ3) is 5.17. The van der Waals surface area contributed by atoms with E-state index in [9.17, 15) is 24.1 Å². The summed E-state index contributed by atoms with van der Waals surface area (Å²) in [6.45, 7) is -0.573. The first-order valence-corrected chi connectivity index (χ1v) is 9.27. The fourth-order valence-electron chi connectivity index (χ4n) is 2.66. The molecule has 30 heavy (non-hydrogen) atoms. The van der Waals surface area contributed by atoms with Crippen LogP contribution in [0.15, 0.2) is 42.7 Å². The maximum absolute atomic E-state index is 13.8. The molecule has 1 atom stereocenters. The molecular formula is C18H15FN4O6S. The molecule has 0 spiro atoms. The Morgan fingerprint density at radius 1 is 1.30 bits per heavy atom. The van der Waals surface area contributed by atoms with E-state index in [2.05, 4.69) is 15.1 Å². The van der Waals surface area contributed by atoms with Gasteiger partial charge >= 0.3 is 6.09 Å². The smallest absolute Gasteiger partial charge is 0.404 e. The number of fused-ring (bicyclic) bond motifs is 1. The molecule has 0 aliphatic rings. The number of carbonyl (C=O) groups is 2. The lowest BCUT2D eigenvalue weighted by Crippen LogP contribution is -2.27. The van der Waals surface area contributed by atoms with Crippen molar-refractivity contribution >= 4 is 38.4 Å². The van der Waals surface area contributed by atoms with E-state index in [-0.39, 0.29) is 13.2 Å². The molecule has 0 radical (unpaired) electrons. The third-order valence-electron chi connectivity index (χ3n) is 4.07. The van der Waals surface area contributed by atoms with Crippen LogP contribution in [0.1, 0.15) is 17.0 Å². The molecule has 2 aromatic heterocycles. The molecule has 10 nitrogen and oxygen atoms in total. The predicted molar refractivity (Wildman–Crippen MR) is 105 cm³/mol. The third-order valence-corrected chi connectivity index (χ3v) is 5.06. The second-order valence-electron chi connectivity index (χ2n) is 6.05. The molecule has 0 aliphatic heterocycles. The van der Waals surface area contributed by atoms with Crippen LogP contribution in [-0.4, -0.2) is 28.7 Å². The number of pyridine rings is 1. The fourth-order valence-corrected chi connectivity index (χ4v) is 3.61. The number of nitrogens with zero attached hydrogens (tertiary/aromatic N) is 2. The molecule has 0 saturated carbocycles. The fraction of sp³-hybridized carbons (Fsp3) is 0.167. The van der Waals surface area contributed by atoms with Gasteiger partial charge in [0.1, 0.15) is 19.0 Å². The maximum atomic E-state index is 13.8. The molecule has 1 aromatic carbocycles. The summed E-state index contributed by atoms with van der Waals surface area (Å²) in [6.07, 6.45) is 1.52. The van der Waals surface area contributed by atoms with Crippen molar-refractivity contribution in [2.75, 3.05) is 11.9 Å². The van der Waals surface area contributed by atoms with Gasteiger partial charge in [0.05, 0.1) is 21.8 Å². The van der Waals surface area contributed by atoms with Gasteiger partial charge < -0.3 is 20.6 Å². The van der Waals surface area contributed by atoms with Crippen molar-refractivity contribution in [3.63, 3.8) is 0 Å². The quantitative estimate of drug-likeness (QED) is 0.409. The SMILES string of the molecule is NC(=O)OCC(C(=O)Nc1cc2c(F)cncc2s1)c1ccc(CO[N+](=O)[O-])cc1. The van der Waals surface area contributed by atoms with Gasteiger partial charge in [-0.3, -0.25) is 9.78 Å². The normalized spacial score (nSPS) is 11.6. The van der Waals surface area contributed by atoms with Gasteiger partial charge in [-0.05, 0) is 17.2 Å². The van der Waals surface area contributed by atoms with Crippen molar-refractivity contribution in [3.8, 4) is 0 Å². The van der Waals surface area contributed by atoms with Crippen LogP contribution >= 0.6 is 11.3 Å². The Morgan fingerprint density at radius 3 is 2.67 bits per heavy atom. The number of nitrogens with one attached hydrogen (secondary N) is 1. The minimum atomic E-state index is -1.04. The topological polar surface area (TPSA) is 147 Å². The molecule has 156 valence electrons. The van der Waals surface area contributed by atoms with E-state index in [1.54, 1.807) is 24.3 Å². The first-order valence-electron chi connectivity index (χ1n) is 8.45. The van der Waals surface area contributed by atoms with Crippen LogP contribution in [0.25, 0.3) is 10.1 Å². The van der Waals surface area contributed by atoms with Crippen molar-refractivity contribution in [3.05, 3.63) is 69.8 Å². The van der Waals surface area contributed by atoms with Crippen LogP contribution in [0.5, 0.6) is 0 Å². The highest BCUT2D eigenvalue weighted by Crippen LogP contribution is 2.31. The molecule has 1 unspecified atom stereocenters. The van der Waals surface area contributed by atoms with Crippen LogP contribution in [0.4, 0.5) is 14.2 Å². The number of primary amides is 1. The van der Waals surface area contributed by atoms with Gasteiger partial charge in [-0.2, -0.15) is 0 Å². The second-order valence-corrected chi connectivity index (χ2v) is 7.14. The number of amides is 2. The highest BCUT2D eigenvalue weighted by atomic mass is 32.1. The predicted octanol–water partition coefficient (Wildman–Crippen LogP) is 2.96. The average molecular weight is 434 g/mol. The Balaban J connectivity index is 1.79. The molecule has 3 rings (SSSR count). The summed E-state index contributed by atoms with van der Waals surface area (Å²) in [4.78, 5) is 42.2. The standard InChI is InChI=1S/C18H15FN4O6S/c19-14-6-21-7-15-12(14)5-16(30-15)22-17(24)13(9-28-18(20)25)11-3-1-10(2-4-11)8-29-23(26)27/h1-7,13H,8-9H2,(H2,20,25)(H,22,24). The zero-order chi connectivity index (χ0) is 21.7. The minimum absolute atomic E-state index is 0.247. The van der Waals surface area contributed by atoms with Crippen molar-refractivity contribution in [1.82, 2.24) is 4.98 Å². The number of aromatic nitrogens is 1. The minimum Gasteiger partial charge on any atom is -0.449 e.